The van der Waals surface area contributed by atoms with Crippen LogP contribution in [0.2, 0.25) is 0 Å². The third-order valence-corrected chi connectivity index (χ3v) is 4.98. The molecule has 3 atom stereocenters. The van der Waals surface area contributed by atoms with Crippen molar-refractivity contribution in [1.82, 2.24) is 15.1 Å². The van der Waals surface area contributed by atoms with E-state index in [9.17, 15) is 0 Å². The van der Waals surface area contributed by atoms with Gasteiger partial charge in [-0.2, -0.15) is 0 Å². The molecule has 0 aromatic rings. The monoisotopic (exact) mass is 253 g/mol. The molecule has 18 heavy (non-hydrogen) atoms. The highest BCUT2D eigenvalue weighted by Gasteiger charge is 2.31. The molecule has 0 amide bonds. The van der Waals surface area contributed by atoms with Gasteiger partial charge in [0.15, 0.2) is 0 Å². The van der Waals surface area contributed by atoms with E-state index in [1.54, 1.807) is 0 Å². The van der Waals surface area contributed by atoms with Crippen LogP contribution in [0.1, 0.15) is 46.5 Å². The maximum Gasteiger partial charge on any atom is 0.0113 e. The summed E-state index contributed by atoms with van der Waals surface area (Å²) >= 11 is 0. The van der Waals surface area contributed by atoms with Gasteiger partial charge in [-0.1, -0.05) is 13.8 Å². The molecule has 0 aromatic carbocycles. The number of piperazine rings is 1. The highest BCUT2D eigenvalue weighted by atomic mass is 15.3. The lowest BCUT2D eigenvalue weighted by Crippen LogP contribution is -2.52. The lowest BCUT2D eigenvalue weighted by atomic mass is 10.1. The van der Waals surface area contributed by atoms with Gasteiger partial charge in [-0.15, -0.1) is 0 Å². The van der Waals surface area contributed by atoms with Crippen LogP contribution in [0.15, 0.2) is 0 Å². The molecule has 3 nitrogen and oxygen atoms in total. The van der Waals surface area contributed by atoms with Gasteiger partial charge in [0.1, 0.15) is 0 Å². The summed E-state index contributed by atoms with van der Waals surface area (Å²) in [5, 5.41) is 3.61. The fourth-order valence-corrected chi connectivity index (χ4v) is 3.56. The van der Waals surface area contributed by atoms with Gasteiger partial charge < -0.3 is 5.32 Å². The van der Waals surface area contributed by atoms with Crippen LogP contribution < -0.4 is 5.32 Å². The van der Waals surface area contributed by atoms with E-state index in [4.69, 9.17) is 0 Å². The van der Waals surface area contributed by atoms with E-state index >= 15 is 0 Å². The minimum Gasteiger partial charge on any atom is -0.314 e. The SMILES string of the molecule is CCNC1CCC(N2CCN(C(C)CC)CC2)C1. The minimum atomic E-state index is 0.769. The molecule has 1 saturated carbocycles. The topological polar surface area (TPSA) is 18.5 Å². The van der Waals surface area contributed by atoms with Crippen LogP contribution >= 0.6 is 0 Å². The zero-order valence-corrected chi connectivity index (χ0v) is 12.5. The first-order valence-electron chi connectivity index (χ1n) is 7.96. The molecule has 0 spiro atoms. The Hall–Kier alpha value is -0.120. The first kappa shape index (κ1) is 14.3. The van der Waals surface area contributed by atoms with E-state index in [0.29, 0.717) is 0 Å². The van der Waals surface area contributed by atoms with Crippen molar-refractivity contribution in [2.24, 2.45) is 0 Å². The Labute approximate surface area is 113 Å². The highest BCUT2D eigenvalue weighted by Crippen LogP contribution is 2.25. The second-order valence-corrected chi connectivity index (χ2v) is 6.05. The summed E-state index contributed by atoms with van der Waals surface area (Å²) < 4.78 is 0. The van der Waals surface area contributed by atoms with Gasteiger partial charge in [0.25, 0.3) is 0 Å². The maximum atomic E-state index is 3.61. The van der Waals surface area contributed by atoms with Crippen molar-refractivity contribution >= 4 is 0 Å². The normalized spacial score (nSPS) is 32.8. The molecule has 1 N–H and O–H groups in total. The Morgan fingerprint density at radius 2 is 1.83 bits per heavy atom. The second-order valence-electron chi connectivity index (χ2n) is 6.05. The highest BCUT2D eigenvalue weighted by molar-refractivity contribution is 4.89. The molecule has 1 aliphatic heterocycles. The van der Waals surface area contributed by atoms with E-state index in [2.05, 4.69) is 35.9 Å². The quantitative estimate of drug-likeness (QED) is 0.808. The molecule has 1 saturated heterocycles. The van der Waals surface area contributed by atoms with E-state index in [0.717, 1.165) is 24.7 Å². The van der Waals surface area contributed by atoms with Crippen molar-refractivity contribution in [2.45, 2.75) is 64.6 Å². The van der Waals surface area contributed by atoms with Gasteiger partial charge in [0, 0.05) is 44.3 Å². The summed E-state index contributed by atoms with van der Waals surface area (Å²) in [4.78, 5) is 5.41. The minimum absolute atomic E-state index is 0.769. The van der Waals surface area contributed by atoms with Crippen LogP contribution in [-0.2, 0) is 0 Å². The van der Waals surface area contributed by atoms with Gasteiger partial charge in [-0.3, -0.25) is 9.80 Å². The Bertz CT molecular complexity index is 236. The van der Waals surface area contributed by atoms with Gasteiger partial charge in [0.2, 0.25) is 0 Å². The van der Waals surface area contributed by atoms with Gasteiger partial charge in [0.05, 0.1) is 0 Å². The molecule has 1 heterocycles. The summed E-state index contributed by atoms with van der Waals surface area (Å²) in [5.74, 6) is 0. The molecule has 2 fully saturated rings. The molecule has 3 unspecified atom stereocenters. The molecule has 0 radical (unpaired) electrons. The van der Waals surface area contributed by atoms with Crippen molar-refractivity contribution in [3.8, 4) is 0 Å². The summed E-state index contributed by atoms with van der Waals surface area (Å²) in [6, 6.07) is 2.41. The van der Waals surface area contributed by atoms with Crippen LogP contribution in [0.25, 0.3) is 0 Å². The smallest absolute Gasteiger partial charge is 0.0113 e. The van der Waals surface area contributed by atoms with Crippen molar-refractivity contribution in [3.05, 3.63) is 0 Å². The Balaban J connectivity index is 1.73. The standard InChI is InChI=1S/C15H31N3/c1-4-13(3)17-8-10-18(11-9-17)15-7-6-14(12-15)16-5-2/h13-16H,4-12H2,1-3H3. The van der Waals surface area contributed by atoms with Gasteiger partial charge >= 0.3 is 0 Å². The van der Waals surface area contributed by atoms with Gasteiger partial charge in [-0.05, 0) is 39.2 Å². The second kappa shape index (κ2) is 6.88. The molecule has 2 rings (SSSR count). The Morgan fingerprint density at radius 3 is 2.44 bits per heavy atom. The maximum absolute atomic E-state index is 3.61. The van der Waals surface area contributed by atoms with Crippen molar-refractivity contribution in [3.63, 3.8) is 0 Å². The van der Waals surface area contributed by atoms with E-state index in [1.807, 2.05) is 0 Å². The molecule has 0 bridgehead atoms. The number of hydrogen-bond acceptors (Lipinski definition) is 3. The first-order valence-corrected chi connectivity index (χ1v) is 7.96. The number of hydrogen-bond donors (Lipinski definition) is 1. The fraction of sp³-hybridized carbons (Fsp3) is 1.00. The van der Waals surface area contributed by atoms with Crippen molar-refractivity contribution in [1.29, 1.82) is 0 Å². The van der Waals surface area contributed by atoms with E-state index in [-0.39, 0.29) is 0 Å². The summed E-state index contributed by atoms with van der Waals surface area (Å²) in [6.07, 6.45) is 5.44. The molecule has 1 aliphatic carbocycles. The lowest BCUT2D eigenvalue weighted by Gasteiger charge is -2.40. The van der Waals surface area contributed by atoms with E-state index in [1.165, 1.54) is 51.9 Å². The zero-order valence-electron chi connectivity index (χ0n) is 12.5. The predicted molar refractivity (Wildman–Crippen MR) is 78.0 cm³/mol. The summed E-state index contributed by atoms with van der Waals surface area (Å²) in [7, 11) is 0. The lowest BCUT2D eigenvalue weighted by molar-refractivity contribution is 0.0734. The van der Waals surface area contributed by atoms with Crippen LogP contribution in [0.5, 0.6) is 0 Å². The molecular weight excluding hydrogens is 222 g/mol. The number of nitrogens with one attached hydrogen (secondary N) is 1. The van der Waals surface area contributed by atoms with Crippen LogP contribution in [0.3, 0.4) is 0 Å². The van der Waals surface area contributed by atoms with Crippen LogP contribution in [0.4, 0.5) is 0 Å². The van der Waals surface area contributed by atoms with Gasteiger partial charge in [-0.25, -0.2) is 0 Å². The van der Waals surface area contributed by atoms with Crippen molar-refractivity contribution in [2.75, 3.05) is 32.7 Å². The Kier molecular flexibility index (Phi) is 5.46. The largest absolute Gasteiger partial charge is 0.314 e. The third kappa shape index (κ3) is 3.46. The average Bonchev–Trinajstić information content (AvgIpc) is 2.87. The van der Waals surface area contributed by atoms with Crippen LogP contribution in [0, 0.1) is 0 Å². The molecule has 0 aromatic heterocycles. The number of rotatable bonds is 5. The third-order valence-electron chi connectivity index (χ3n) is 4.98. The molecule has 3 heteroatoms. The average molecular weight is 253 g/mol. The van der Waals surface area contributed by atoms with Crippen LogP contribution in [-0.4, -0.2) is 60.6 Å². The van der Waals surface area contributed by atoms with Crippen molar-refractivity contribution < 1.29 is 0 Å². The Morgan fingerprint density at radius 1 is 1.11 bits per heavy atom. The summed E-state index contributed by atoms with van der Waals surface area (Å²) in [5.41, 5.74) is 0. The zero-order chi connectivity index (χ0) is 13.0. The first-order chi connectivity index (χ1) is 8.74. The molecule has 106 valence electrons. The predicted octanol–water partition coefficient (Wildman–Crippen LogP) is 1.93. The van der Waals surface area contributed by atoms with E-state index < -0.39 is 0 Å². The molecular formula is C15H31N3. The number of nitrogens with zero attached hydrogens (tertiary/aromatic N) is 2. The summed E-state index contributed by atoms with van der Waals surface area (Å²) in [6.45, 7) is 13.1. The fourth-order valence-electron chi connectivity index (χ4n) is 3.56. The molecule has 2 aliphatic rings.